The molecule has 0 N–H and O–H groups in total. The highest BCUT2D eigenvalue weighted by Crippen LogP contribution is 2.24. The number of nitrogens with zero attached hydrogens (tertiary/aromatic N) is 2. The van der Waals surface area contributed by atoms with Gasteiger partial charge >= 0.3 is 0 Å². The van der Waals surface area contributed by atoms with Crippen molar-refractivity contribution in [1.29, 1.82) is 0 Å². The zero-order valence-corrected chi connectivity index (χ0v) is 13.1. The van der Waals surface area contributed by atoms with Crippen LogP contribution in [-0.2, 0) is 0 Å². The molecule has 114 valence electrons. The molecule has 1 fully saturated rings. The molecule has 2 nitrogen and oxygen atoms in total. The minimum Gasteiger partial charge on any atom is -0.369 e. The number of aliphatic imine (C=N–C) groups is 1. The fourth-order valence-electron chi connectivity index (χ4n) is 2.91. The van der Waals surface area contributed by atoms with E-state index < -0.39 is 0 Å². The second kappa shape index (κ2) is 6.30. The largest absolute Gasteiger partial charge is 0.369 e. The minimum absolute atomic E-state index is 0.161. The number of hydrogen-bond donors (Lipinski definition) is 0. The van der Waals surface area contributed by atoms with E-state index in [0.717, 1.165) is 42.7 Å². The first-order valence-corrected chi connectivity index (χ1v) is 7.79. The molecule has 0 aromatic heterocycles. The van der Waals surface area contributed by atoms with Crippen LogP contribution in [0.2, 0.25) is 0 Å². The molecule has 0 atom stereocenters. The van der Waals surface area contributed by atoms with Gasteiger partial charge in [0, 0.05) is 19.3 Å². The molecular formula is C19H21FN2. The number of aryl methyl sites for hydroxylation is 2. The molecule has 22 heavy (non-hydrogen) atoms. The molecule has 3 heteroatoms. The highest BCUT2D eigenvalue weighted by molar-refractivity contribution is 5.83. The van der Waals surface area contributed by atoms with Crippen molar-refractivity contribution in [3.8, 4) is 0 Å². The first-order valence-electron chi connectivity index (χ1n) is 7.79. The maximum Gasteiger partial charge on any atom is 0.147 e. The Morgan fingerprint density at radius 2 is 1.82 bits per heavy atom. The van der Waals surface area contributed by atoms with Gasteiger partial charge in [-0.1, -0.05) is 23.8 Å². The summed E-state index contributed by atoms with van der Waals surface area (Å²) in [6, 6.07) is 11.5. The van der Waals surface area contributed by atoms with Gasteiger partial charge in [0.1, 0.15) is 5.82 Å². The van der Waals surface area contributed by atoms with Gasteiger partial charge in [0.05, 0.1) is 11.4 Å². The van der Waals surface area contributed by atoms with E-state index in [1.165, 1.54) is 5.56 Å². The zero-order valence-electron chi connectivity index (χ0n) is 13.1. The van der Waals surface area contributed by atoms with E-state index in [9.17, 15) is 4.39 Å². The lowest BCUT2D eigenvalue weighted by molar-refractivity contribution is 0.623. The average Bonchev–Trinajstić information content (AvgIpc) is 3.00. The predicted molar refractivity (Wildman–Crippen MR) is 91.0 cm³/mol. The molecule has 0 radical (unpaired) electrons. The standard InChI is InChI=1S/C19H21FN2/c1-14-5-7-18(15(2)11-14)21-13-16-6-8-19(17(20)12-16)22-9-3-4-10-22/h5-8,11-13H,3-4,9-10H2,1-2H3. The summed E-state index contributed by atoms with van der Waals surface area (Å²) in [5, 5.41) is 0. The van der Waals surface area contributed by atoms with Crippen LogP contribution < -0.4 is 4.90 Å². The van der Waals surface area contributed by atoms with Gasteiger partial charge in [0.2, 0.25) is 0 Å². The van der Waals surface area contributed by atoms with Crippen molar-refractivity contribution in [2.45, 2.75) is 26.7 Å². The molecule has 0 saturated carbocycles. The lowest BCUT2D eigenvalue weighted by atomic mass is 10.1. The Hall–Kier alpha value is -2.16. The summed E-state index contributed by atoms with van der Waals surface area (Å²) >= 11 is 0. The first-order chi connectivity index (χ1) is 10.6. The number of halogens is 1. The van der Waals surface area contributed by atoms with Gasteiger partial charge in [-0.25, -0.2) is 4.39 Å². The molecule has 0 spiro atoms. The van der Waals surface area contributed by atoms with Gasteiger partial charge in [0.15, 0.2) is 0 Å². The predicted octanol–water partition coefficient (Wildman–Crippen LogP) is 4.79. The van der Waals surface area contributed by atoms with E-state index in [1.807, 2.05) is 31.2 Å². The van der Waals surface area contributed by atoms with Gasteiger partial charge in [-0.05, 0) is 56.0 Å². The third kappa shape index (κ3) is 3.19. The maximum absolute atomic E-state index is 14.3. The lowest BCUT2D eigenvalue weighted by Crippen LogP contribution is -2.18. The van der Waals surface area contributed by atoms with Gasteiger partial charge in [-0.2, -0.15) is 0 Å². The third-order valence-electron chi connectivity index (χ3n) is 4.12. The summed E-state index contributed by atoms with van der Waals surface area (Å²) in [7, 11) is 0. The summed E-state index contributed by atoms with van der Waals surface area (Å²) in [5.74, 6) is -0.161. The Labute approximate surface area is 131 Å². The molecule has 1 heterocycles. The number of anilines is 1. The Bertz CT molecular complexity index is 701. The highest BCUT2D eigenvalue weighted by atomic mass is 19.1. The van der Waals surface area contributed by atoms with Crippen LogP contribution in [0, 0.1) is 19.7 Å². The molecule has 0 unspecified atom stereocenters. The van der Waals surface area contributed by atoms with Gasteiger partial charge in [-0.15, -0.1) is 0 Å². The van der Waals surface area contributed by atoms with Crippen LogP contribution in [0.15, 0.2) is 41.4 Å². The molecular weight excluding hydrogens is 275 g/mol. The van der Waals surface area contributed by atoms with Crippen LogP contribution in [0.3, 0.4) is 0 Å². The lowest BCUT2D eigenvalue weighted by Gasteiger charge is -2.18. The van der Waals surface area contributed by atoms with E-state index >= 15 is 0 Å². The number of rotatable bonds is 3. The number of hydrogen-bond acceptors (Lipinski definition) is 2. The van der Waals surface area contributed by atoms with E-state index in [2.05, 4.69) is 22.9 Å². The molecule has 0 aliphatic carbocycles. The third-order valence-corrected chi connectivity index (χ3v) is 4.12. The summed E-state index contributed by atoms with van der Waals surface area (Å²) in [6.45, 7) is 6.00. The fourth-order valence-corrected chi connectivity index (χ4v) is 2.91. The molecule has 2 aromatic carbocycles. The Morgan fingerprint density at radius 1 is 1.05 bits per heavy atom. The molecule has 1 aliphatic heterocycles. The molecule has 1 aliphatic rings. The van der Waals surface area contributed by atoms with Crippen molar-refractivity contribution in [1.82, 2.24) is 0 Å². The molecule has 1 saturated heterocycles. The average molecular weight is 296 g/mol. The van der Waals surface area contributed by atoms with Crippen molar-refractivity contribution in [2.75, 3.05) is 18.0 Å². The van der Waals surface area contributed by atoms with Crippen LogP contribution in [-0.4, -0.2) is 19.3 Å². The normalized spacial score (nSPS) is 15.0. The second-order valence-corrected chi connectivity index (χ2v) is 5.95. The monoisotopic (exact) mass is 296 g/mol. The molecule has 0 amide bonds. The molecule has 3 rings (SSSR count). The van der Waals surface area contributed by atoms with E-state index in [1.54, 1.807) is 12.3 Å². The highest BCUT2D eigenvalue weighted by Gasteiger charge is 2.15. The van der Waals surface area contributed by atoms with Crippen molar-refractivity contribution in [3.63, 3.8) is 0 Å². The van der Waals surface area contributed by atoms with Crippen molar-refractivity contribution >= 4 is 17.6 Å². The van der Waals surface area contributed by atoms with Gasteiger partial charge in [0.25, 0.3) is 0 Å². The van der Waals surface area contributed by atoms with E-state index in [4.69, 9.17) is 0 Å². The number of benzene rings is 2. The minimum atomic E-state index is -0.161. The van der Waals surface area contributed by atoms with Crippen molar-refractivity contribution < 1.29 is 4.39 Å². The van der Waals surface area contributed by atoms with E-state index in [0.29, 0.717) is 5.69 Å². The Balaban J connectivity index is 1.80. The zero-order chi connectivity index (χ0) is 15.5. The second-order valence-electron chi connectivity index (χ2n) is 5.95. The topological polar surface area (TPSA) is 15.6 Å². The quantitative estimate of drug-likeness (QED) is 0.743. The summed E-state index contributed by atoms with van der Waals surface area (Å²) in [4.78, 5) is 6.59. The first kappa shape index (κ1) is 14.8. The van der Waals surface area contributed by atoms with Gasteiger partial charge < -0.3 is 4.90 Å². The summed E-state index contributed by atoms with van der Waals surface area (Å²) < 4.78 is 14.3. The molecule has 2 aromatic rings. The Morgan fingerprint density at radius 3 is 2.50 bits per heavy atom. The Kier molecular flexibility index (Phi) is 4.23. The molecule has 0 bridgehead atoms. The van der Waals surface area contributed by atoms with Crippen LogP contribution in [0.1, 0.15) is 29.5 Å². The van der Waals surface area contributed by atoms with Crippen LogP contribution in [0.25, 0.3) is 0 Å². The van der Waals surface area contributed by atoms with E-state index in [-0.39, 0.29) is 5.82 Å². The van der Waals surface area contributed by atoms with Crippen LogP contribution in [0.4, 0.5) is 15.8 Å². The maximum atomic E-state index is 14.3. The van der Waals surface area contributed by atoms with Gasteiger partial charge in [-0.3, -0.25) is 4.99 Å². The summed E-state index contributed by atoms with van der Waals surface area (Å²) in [6.07, 6.45) is 4.03. The van der Waals surface area contributed by atoms with Crippen molar-refractivity contribution in [2.24, 2.45) is 4.99 Å². The fraction of sp³-hybridized carbons (Fsp3) is 0.316. The smallest absolute Gasteiger partial charge is 0.147 e. The SMILES string of the molecule is Cc1ccc(N=Cc2ccc(N3CCCC3)c(F)c2)c(C)c1. The van der Waals surface area contributed by atoms with Crippen molar-refractivity contribution in [3.05, 3.63) is 58.9 Å². The summed E-state index contributed by atoms with van der Waals surface area (Å²) in [5.41, 5.74) is 4.78. The van der Waals surface area contributed by atoms with Crippen LogP contribution in [0.5, 0.6) is 0 Å². The van der Waals surface area contributed by atoms with Crippen LogP contribution >= 0.6 is 0 Å².